The second-order valence-corrected chi connectivity index (χ2v) is 5.93. The van der Waals surface area contributed by atoms with Crippen molar-refractivity contribution < 1.29 is 14.3 Å². The number of ketones is 1. The molecule has 0 aliphatic heterocycles. The van der Waals surface area contributed by atoms with Crippen molar-refractivity contribution in [2.75, 3.05) is 6.61 Å². The number of carbonyl (C=O) groups excluding carboxylic acids is 2. The number of hydrogen-bond acceptors (Lipinski definition) is 3. The molecule has 0 amide bonds. The van der Waals surface area contributed by atoms with Gasteiger partial charge in [0.1, 0.15) is 0 Å². The monoisotopic (exact) mass is 341 g/mol. The van der Waals surface area contributed by atoms with Crippen LogP contribution in [0.2, 0.25) is 5.02 Å². The molecule has 5 heteroatoms. The Morgan fingerprint density at radius 2 is 1.79 bits per heavy atom. The molecule has 1 N–H and O–H groups in total. The molecule has 0 unspecified atom stereocenters. The van der Waals surface area contributed by atoms with E-state index < -0.39 is 5.97 Å². The molecule has 3 aromatic rings. The van der Waals surface area contributed by atoms with Gasteiger partial charge in [0.25, 0.3) is 0 Å². The van der Waals surface area contributed by atoms with Gasteiger partial charge in [0.2, 0.25) is 5.78 Å². The molecule has 0 saturated carbocycles. The van der Waals surface area contributed by atoms with Gasteiger partial charge in [-0.15, -0.1) is 0 Å². The summed E-state index contributed by atoms with van der Waals surface area (Å²) in [5, 5.41) is 1.34. The van der Waals surface area contributed by atoms with E-state index in [1.807, 2.05) is 31.2 Å². The summed E-state index contributed by atoms with van der Waals surface area (Å²) >= 11 is 6.02. The molecule has 0 aliphatic carbocycles. The topological polar surface area (TPSA) is 59.2 Å². The molecule has 0 radical (unpaired) electrons. The van der Waals surface area contributed by atoms with E-state index in [9.17, 15) is 9.59 Å². The van der Waals surface area contributed by atoms with Crippen LogP contribution < -0.4 is 0 Å². The van der Waals surface area contributed by atoms with Crippen LogP contribution >= 0.6 is 11.6 Å². The predicted molar refractivity (Wildman–Crippen MR) is 93.5 cm³/mol. The van der Waals surface area contributed by atoms with Crippen LogP contribution in [0.1, 0.15) is 21.6 Å². The number of aromatic amines is 1. The standard InChI is InChI=1S/C19H16ClNO3/c1-12-19(14-7-3-5-9-16(14)21-12)17(22)11-24-18(23)10-13-6-2-4-8-15(13)20/h2-9,21H,10-11H2,1H3. The second-order valence-electron chi connectivity index (χ2n) is 5.52. The molecular formula is C19H16ClNO3. The average Bonchev–Trinajstić information content (AvgIpc) is 2.90. The third-order valence-electron chi connectivity index (χ3n) is 3.83. The minimum absolute atomic E-state index is 0.0415. The van der Waals surface area contributed by atoms with Gasteiger partial charge < -0.3 is 9.72 Å². The summed E-state index contributed by atoms with van der Waals surface area (Å²) < 4.78 is 5.13. The molecule has 3 rings (SSSR count). The molecule has 0 aliphatic rings. The van der Waals surface area contributed by atoms with Crippen LogP contribution in [0.3, 0.4) is 0 Å². The highest BCUT2D eigenvalue weighted by Crippen LogP contribution is 2.22. The Morgan fingerprint density at radius 1 is 1.08 bits per heavy atom. The molecule has 1 heterocycles. The van der Waals surface area contributed by atoms with E-state index in [0.717, 1.165) is 16.6 Å². The first-order valence-electron chi connectivity index (χ1n) is 7.56. The van der Waals surface area contributed by atoms with E-state index in [4.69, 9.17) is 16.3 Å². The van der Waals surface area contributed by atoms with Crippen LogP contribution in [0.4, 0.5) is 0 Å². The first kappa shape index (κ1) is 16.3. The largest absolute Gasteiger partial charge is 0.457 e. The third kappa shape index (κ3) is 3.34. The Kier molecular flexibility index (Phi) is 4.67. The number of aromatic nitrogens is 1. The first-order chi connectivity index (χ1) is 11.6. The summed E-state index contributed by atoms with van der Waals surface area (Å²) in [5.74, 6) is -0.702. The zero-order valence-corrected chi connectivity index (χ0v) is 13.9. The minimum atomic E-state index is -0.478. The van der Waals surface area contributed by atoms with E-state index in [2.05, 4.69) is 4.98 Å². The number of nitrogens with one attached hydrogen (secondary N) is 1. The fourth-order valence-electron chi connectivity index (χ4n) is 2.70. The summed E-state index contributed by atoms with van der Waals surface area (Å²) in [5.41, 5.74) is 2.90. The normalized spacial score (nSPS) is 10.8. The number of fused-ring (bicyclic) bond motifs is 1. The fourth-order valence-corrected chi connectivity index (χ4v) is 2.91. The Hall–Kier alpha value is -2.59. The lowest BCUT2D eigenvalue weighted by molar-refractivity contribution is -0.141. The molecule has 122 valence electrons. The van der Waals surface area contributed by atoms with Gasteiger partial charge in [-0.2, -0.15) is 0 Å². The Morgan fingerprint density at radius 3 is 2.58 bits per heavy atom. The molecular weight excluding hydrogens is 326 g/mol. The molecule has 1 aromatic heterocycles. The number of benzene rings is 2. The summed E-state index contributed by atoms with van der Waals surface area (Å²) in [6, 6.07) is 14.6. The van der Waals surface area contributed by atoms with Gasteiger partial charge in [-0.05, 0) is 24.6 Å². The highest BCUT2D eigenvalue weighted by molar-refractivity contribution is 6.31. The van der Waals surface area contributed by atoms with Gasteiger partial charge in [-0.3, -0.25) is 9.59 Å². The third-order valence-corrected chi connectivity index (χ3v) is 4.20. The van der Waals surface area contributed by atoms with E-state index in [0.29, 0.717) is 16.1 Å². The molecule has 0 bridgehead atoms. The maximum Gasteiger partial charge on any atom is 0.310 e. The van der Waals surface area contributed by atoms with Crippen LogP contribution in [-0.4, -0.2) is 23.3 Å². The Labute approximate surface area is 144 Å². The van der Waals surface area contributed by atoms with Crippen molar-refractivity contribution in [2.24, 2.45) is 0 Å². The first-order valence-corrected chi connectivity index (χ1v) is 7.93. The van der Waals surface area contributed by atoms with Crippen molar-refractivity contribution >= 4 is 34.3 Å². The van der Waals surface area contributed by atoms with Crippen LogP contribution in [0.5, 0.6) is 0 Å². The number of halogens is 1. The summed E-state index contributed by atoms with van der Waals surface area (Å²) in [6.07, 6.45) is 0.0415. The highest BCUT2D eigenvalue weighted by atomic mass is 35.5. The van der Waals surface area contributed by atoms with Crippen molar-refractivity contribution in [3.8, 4) is 0 Å². The molecule has 0 atom stereocenters. The summed E-state index contributed by atoms with van der Waals surface area (Å²) in [4.78, 5) is 27.6. The van der Waals surface area contributed by atoms with Crippen molar-refractivity contribution in [3.05, 3.63) is 70.4 Å². The molecule has 0 fully saturated rings. The zero-order valence-electron chi connectivity index (χ0n) is 13.1. The summed E-state index contributed by atoms with van der Waals surface area (Å²) in [6.45, 7) is 1.55. The fraction of sp³-hybridized carbons (Fsp3) is 0.158. The lowest BCUT2D eigenvalue weighted by Crippen LogP contribution is -2.16. The number of esters is 1. The van der Waals surface area contributed by atoms with Gasteiger partial charge >= 0.3 is 5.97 Å². The molecule has 4 nitrogen and oxygen atoms in total. The van der Waals surface area contributed by atoms with Gasteiger partial charge in [0.15, 0.2) is 6.61 Å². The molecule has 24 heavy (non-hydrogen) atoms. The number of aryl methyl sites for hydroxylation is 1. The number of H-pyrrole nitrogens is 1. The molecule has 0 spiro atoms. The SMILES string of the molecule is Cc1[nH]c2ccccc2c1C(=O)COC(=O)Cc1ccccc1Cl. The number of carbonyl (C=O) groups is 2. The van der Waals surface area contributed by atoms with E-state index in [-0.39, 0.29) is 18.8 Å². The van der Waals surface area contributed by atoms with Gasteiger partial charge in [-0.1, -0.05) is 48.0 Å². The molecule has 0 saturated heterocycles. The molecule has 2 aromatic carbocycles. The Bertz CT molecular complexity index is 914. The van der Waals surface area contributed by atoms with Crippen LogP contribution in [0, 0.1) is 6.92 Å². The number of rotatable bonds is 5. The number of Topliss-reactive ketones (excluding diaryl/α,β-unsaturated/α-hetero) is 1. The quantitative estimate of drug-likeness (QED) is 0.561. The van der Waals surface area contributed by atoms with Crippen LogP contribution in [0.15, 0.2) is 48.5 Å². The number of ether oxygens (including phenoxy) is 1. The lowest BCUT2D eigenvalue weighted by atomic mass is 10.1. The number of para-hydroxylation sites is 1. The maximum absolute atomic E-state index is 12.4. The smallest absolute Gasteiger partial charge is 0.310 e. The maximum atomic E-state index is 12.4. The lowest BCUT2D eigenvalue weighted by Gasteiger charge is -2.06. The van der Waals surface area contributed by atoms with Crippen molar-refractivity contribution in [1.82, 2.24) is 4.98 Å². The number of hydrogen-bond donors (Lipinski definition) is 1. The zero-order chi connectivity index (χ0) is 17.1. The highest BCUT2D eigenvalue weighted by Gasteiger charge is 2.17. The van der Waals surface area contributed by atoms with Crippen molar-refractivity contribution in [1.29, 1.82) is 0 Å². The van der Waals surface area contributed by atoms with Crippen LogP contribution in [0.25, 0.3) is 10.9 Å². The van der Waals surface area contributed by atoms with Crippen LogP contribution in [-0.2, 0) is 16.0 Å². The van der Waals surface area contributed by atoms with E-state index in [1.54, 1.807) is 24.3 Å². The average molecular weight is 342 g/mol. The van der Waals surface area contributed by atoms with Gasteiger partial charge in [0.05, 0.1) is 6.42 Å². The second kappa shape index (κ2) is 6.89. The summed E-state index contributed by atoms with van der Waals surface area (Å²) in [7, 11) is 0. The van der Waals surface area contributed by atoms with Gasteiger partial charge in [-0.25, -0.2) is 0 Å². The predicted octanol–water partition coefficient (Wildman–Crippen LogP) is 4.10. The Balaban J connectivity index is 1.68. The van der Waals surface area contributed by atoms with Crippen molar-refractivity contribution in [3.63, 3.8) is 0 Å². The van der Waals surface area contributed by atoms with Gasteiger partial charge in [0, 0.05) is 27.2 Å². The van der Waals surface area contributed by atoms with E-state index in [1.165, 1.54) is 0 Å². The van der Waals surface area contributed by atoms with E-state index >= 15 is 0 Å². The minimum Gasteiger partial charge on any atom is -0.457 e. The van der Waals surface area contributed by atoms with Crippen molar-refractivity contribution in [2.45, 2.75) is 13.3 Å².